The number of carboxylic acids is 1. The van der Waals surface area contributed by atoms with Crippen LogP contribution in [0.1, 0.15) is 45.7 Å². The molecule has 7 heteroatoms. The number of carbonyl (C=O) groups is 2. The maximum Gasteiger partial charge on any atom is 0.410 e. The second kappa shape index (κ2) is 8.33. The Kier molecular flexibility index (Phi) is 6.36. The fourth-order valence-corrected chi connectivity index (χ4v) is 2.78. The molecular formula is C20H27NO6. The number of aliphatic carboxylic acids is 1. The number of carbonyl (C=O) groups excluding carboxylic acids is 1. The summed E-state index contributed by atoms with van der Waals surface area (Å²) in [6.07, 6.45) is 0.274. The van der Waals surface area contributed by atoms with Crippen LogP contribution in [0.5, 0.6) is 0 Å². The molecule has 148 valence electrons. The molecule has 2 unspecified atom stereocenters. The van der Waals surface area contributed by atoms with Crippen LogP contribution < -0.4 is 0 Å². The molecule has 1 amide bonds. The Labute approximate surface area is 159 Å². The van der Waals surface area contributed by atoms with Crippen LogP contribution in [0.4, 0.5) is 4.79 Å². The number of ether oxygens (including phenoxy) is 3. The molecule has 1 heterocycles. The number of likely N-dealkylation sites (N-methyl/N-ethyl adjacent to an activating group) is 1. The van der Waals surface area contributed by atoms with Crippen LogP contribution in [0.3, 0.4) is 0 Å². The Bertz CT molecular complexity index is 721. The summed E-state index contributed by atoms with van der Waals surface area (Å²) in [4.78, 5) is 25.0. The van der Waals surface area contributed by atoms with Gasteiger partial charge in [-0.15, -0.1) is 0 Å². The van der Waals surface area contributed by atoms with Crippen LogP contribution >= 0.6 is 0 Å². The van der Waals surface area contributed by atoms with Gasteiger partial charge in [0.2, 0.25) is 0 Å². The smallest absolute Gasteiger partial charge is 0.410 e. The first-order valence-electron chi connectivity index (χ1n) is 8.94. The normalized spacial score (nSPS) is 17.4. The summed E-state index contributed by atoms with van der Waals surface area (Å²) >= 11 is 0. The molecule has 27 heavy (non-hydrogen) atoms. The third kappa shape index (κ3) is 5.64. The molecule has 0 aromatic heterocycles. The zero-order valence-corrected chi connectivity index (χ0v) is 16.4. The maximum absolute atomic E-state index is 12.4. The Morgan fingerprint density at radius 2 is 2.04 bits per heavy atom. The lowest BCUT2D eigenvalue weighted by Gasteiger charge is -2.31. The summed E-state index contributed by atoms with van der Waals surface area (Å²) in [6, 6.07) is 7.47. The topological polar surface area (TPSA) is 85.3 Å². The SMILES string of the molecule is CCN(C(=O)OC(C)(C)C)C(C)Cc1cccc(C2=COC(C(=O)O)O2)c1. The number of benzene rings is 1. The lowest BCUT2D eigenvalue weighted by atomic mass is 10.0. The van der Waals surface area contributed by atoms with Gasteiger partial charge in [0.05, 0.1) is 0 Å². The lowest BCUT2D eigenvalue weighted by molar-refractivity contribution is -0.161. The minimum absolute atomic E-state index is 0.0680. The fourth-order valence-electron chi connectivity index (χ4n) is 2.78. The van der Waals surface area contributed by atoms with E-state index >= 15 is 0 Å². The highest BCUT2D eigenvalue weighted by Gasteiger charge is 2.28. The van der Waals surface area contributed by atoms with E-state index in [0.717, 1.165) is 11.1 Å². The van der Waals surface area contributed by atoms with E-state index in [-0.39, 0.29) is 12.1 Å². The summed E-state index contributed by atoms with van der Waals surface area (Å²) in [6.45, 7) is 9.95. The van der Waals surface area contributed by atoms with Crippen molar-refractivity contribution < 1.29 is 28.9 Å². The molecule has 7 nitrogen and oxygen atoms in total. The summed E-state index contributed by atoms with van der Waals surface area (Å²) in [5, 5.41) is 8.94. The van der Waals surface area contributed by atoms with Crippen LogP contribution in [-0.2, 0) is 25.4 Å². The van der Waals surface area contributed by atoms with E-state index in [2.05, 4.69) is 0 Å². The zero-order valence-electron chi connectivity index (χ0n) is 16.4. The lowest BCUT2D eigenvalue weighted by Crippen LogP contribution is -2.42. The summed E-state index contributed by atoms with van der Waals surface area (Å²) < 4.78 is 15.7. The number of carboxylic acid groups (broad SMARTS) is 1. The van der Waals surface area contributed by atoms with Crippen molar-refractivity contribution in [3.05, 3.63) is 41.7 Å². The Balaban J connectivity index is 2.06. The van der Waals surface area contributed by atoms with E-state index in [1.807, 2.05) is 58.9 Å². The minimum Gasteiger partial charge on any atom is -0.476 e. The first kappa shape index (κ1) is 20.6. The van der Waals surface area contributed by atoms with Crippen molar-refractivity contribution in [1.29, 1.82) is 0 Å². The molecule has 0 radical (unpaired) electrons. The molecule has 0 saturated carbocycles. The second-order valence-corrected chi connectivity index (χ2v) is 7.43. The van der Waals surface area contributed by atoms with E-state index in [9.17, 15) is 9.59 Å². The van der Waals surface area contributed by atoms with E-state index in [1.165, 1.54) is 6.26 Å². The van der Waals surface area contributed by atoms with E-state index in [4.69, 9.17) is 19.3 Å². The molecule has 0 fully saturated rings. The minimum atomic E-state index is -1.31. The first-order valence-corrected chi connectivity index (χ1v) is 8.94. The fraction of sp³-hybridized carbons (Fsp3) is 0.500. The molecule has 1 N–H and O–H groups in total. The molecule has 2 rings (SSSR count). The number of hydrogen-bond acceptors (Lipinski definition) is 5. The monoisotopic (exact) mass is 377 g/mol. The average Bonchev–Trinajstić information content (AvgIpc) is 3.04. The van der Waals surface area contributed by atoms with Gasteiger partial charge >= 0.3 is 18.4 Å². The predicted molar refractivity (Wildman–Crippen MR) is 99.8 cm³/mol. The Morgan fingerprint density at radius 3 is 2.59 bits per heavy atom. The third-order valence-electron chi connectivity index (χ3n) is 3.98. The van der Waals surface area contributed by atoms with Crippen molar-refractivity contribution >= 4 is 17.8 Å². The summed E-state index contributed by atoms with van der Waals surface area (Å²) in [5.41, 5.74) is 1.17. The van der Waals surface area contributed by atoms with E-state index in [0.29, 0.717) is 18.7 Å². The molecule has 2 atom stereocenters. The molecule has 1 aliphatic rings. The van der Waals surface area contributed by atoms with Crippen molar-refractivity contribution in [2.45, 2.75) is 59.0 Å². The number of nitrogens with zero attached hydrogens (tertiary/aromatic N) is 1. The van der Waals surface area contributed by atoms with Crippen molar-refractivity contribution in [1.82, 2.24) is 4.90 Å². The van der Waals surface area contributed by atoms with Crippen molar-refractivity contribution in [3.8, 4) is 0 Å². The molecule has 0 aliphatic carbocycles. The van der Waals surface area contributed by atoms with Crippen molar-refractivity contribution in [2.24, 2.45) is 0 Å². The predicted octanol–water partition coefficient (Wildman–Crippen LogP) is 3.63. The van der Waals surface area contributed by atoms with Gasteiger partial charge in [-0.1, -0.05) is 18.2 Å². The van der Waals surface area contributed by atoms with Gasteiger partial charge in [-0.25, -0.2) is 9.59 Å². The number of hydrogen-bond donors (Lipinski definition) is 1. The largest absolute Gasteiger partial charge is 0.476 e. The van der Waals surface area contributed by atoms with Crippen molar-refractivity contribution in [3.63, 3.8) is 0 Å². The molecule has 1 aromatic rings. The van der Waals surface area contributed by atoms with Gasteiger partial charge in [0.15, 0.2) is 5.76 Å². The zero-order chi connectivity index (χ0) is 20.2. The van der Waals surface area contributed by atoms with Gasteiger partial charge in [0.25, 0.3) is 0 Å². The van der Waals surface area contributed by atoms with Gasteiger partial charge in [0.1, 0.15) is 11.9 Å². The van der Waals surface area contributed by atoms with Gasteiger partial charge in [-0.2, -0.15) is 0 Å². The van der Waals surface area contributed by atoms with Crippen LogP contribution in [-0.4, -0.2) is 46.5 Å². The van der Waals surface area contributed by atoms with E-state index < -0.39 is 17.9 Å². The van der Waals surface area contributed by atoms with Crippen LogP contribution in [0.2, 0.25) is 0 Å². The maximum atomic E-state index is 12.4. The second-order valence-electron chi connectivity index (χ2n) is 7.43. The standard InChI is InChI=1S/C20H27NO6/c1-6-21(19(24)27-20(3,4)5)13(2)10-14-8-7-9-15(11-14)16-12-25-18(26-16)17(22)23/h7-9,11-13,18H,6,10H2,1-5H3,(H,22,23). The molecule has 0 bridgehead atoms. The Morgan fingerprint density at radius 1 is 1.33 bits per heavy atom. The van der Waals surface area contributed by atoms with Gasteiger partial charge in [-0.3, -0.25) is 0 Å². The molecule has 1 aromatic carbocycles. The van der Waals surface area contributed by atoms with Gasteiger partial charge in [0, 0.05) is 18.2 Å². The molecular weight excluding hydrogens is 350 g/mol. The highest BCUT2D eigenvalue weighted by Crippen LogP contribution is 2.26. The first-order chi connectivity index (χ1) is 12.6. The molecule has 1 aliphatic heterocycles. The molecule has 0 saturated heterocycles. The van der Waals surface area contributed by atoms with Crippen LogP contribution in [0.25, 0.3) is 5.76 Å². The highest BCUT2D eigenvalue weighted by molar-refractivity contribution is 5.74. The Hall–Kier alpha value is -2.70. The summed E-state index contributed by atoms with van der Waals surface area (Å²) in [5.74, 6) is -0.807. The summed E-state index contributed by atoms with van der Waals surface area (Å²) in [7, 11) is 0. The van der Waals surface area contributed by atoms with Gasteiger partial charge < -0.3 is 24.2 Å². The van der Waals surface area contributed by atoms with Crippen molar-refractivity contribution in [2.75, 3.05) is 6.54 Å². The average molecular weight is 377 g/mol. The van der Waals surface area contributed by atoms with Gasteiger partial charge in [-0.05, 0) is 52.7 Å². The van der Waals surface area contributed by atoms with Crippen LogP contribution in [0.15, 0.2) is 30.5 Å². The molecule has 0 spiro atoms. The highest BCUT2D eigenvalue weighted by atomic mass is 16.7. The number of rotatable bonds is 6. The van der Waals surface area contributed by atoms with Crippen LogP contribution in [0, 0.1) is 0 Å². The third-order valence-corrected chi connectivity index (χ3v) is 3.98. The van der Waals surface area contributed by atoms with E-state index in [1.54, 1.807) is 4.90 Å². The quantitative estimate of drug-likeness (QED) is 0.815. The number of amides is 1.